The van der Waals surface area contributed by atoms with Gasteiger partial charge in [-0.2, -0.15) is 0 Å². The zero-order valence-electron chi connectivity index (χ0n) is 11.0. The molecule has 0 radical (unpaired) electrons. The summed E-state index contributed by atoms with van der Waals surface area (Å²) in [6, 6.07) is 0. The fourth-order valence-electron chi connectivity index (χ4n) is 0.996. The Hall–Kier alpha value is -0.0800. The summed E-state index contributed by atoms with van der Waals surface area (Å²) in [7, 11) is 2.01. The first-order chi connectivity index (χ1) is 6.19. The molecule has 0 aliphatic heterocycles. The van der Waals surface area contributed by atoms with E-state index in [4.69, 9.17) is 0 Å². The van der Waals surface area contributed by atoms with Gasteiger partial charge in [-0.05, 0) is 38.8 Å². The van der Waals surface area contributed by atoms with Gasteiger partial charge in [-0.3, -0.25) is 0 Å². The minimum absolute atomic E-state index is 0.192. The molecule has 0 spiro atoms. The van der Waals surface area contributed by atoms with Crippen LogP contribution in [0, 0.1) is 11.3 Å². The number of hydrogen-bond donors (Lipinski definition) is 2. The van der Waals surface area contributed by atoms with E-state index in [-0.39, 0.29) is 5.54 Å². The summed E-state index contributed by atoms with van der Waals surface area (Å²) in [5.41, 5.74) is 0.592. The Labute approximate surface area is 89.9 Å². The number of hydrogen-bond acceptors (Lipinski definition) is 2. The van der Waals surface area contributed by atoms with Crippen LogP contribution in [0.3, 0.4) is 0 Å². The summed E-state index contributed by atoms with van der Waals surface area (Å²) in [6.07, 6.45) is 0. The topological polar surface area (TPSA) is 24.1 Å². The minimum atomic E-state index is 0.192. The Kier molecular flexibility index (Phi) is 5.10. The largest absolute Gasteiger partial charge is 0.315 e. The molecule has 0 fully saturated rings. The van der Waals surface area contributed by atoms with Crippen molar-refractivity contribution in [1.82, 2.24) is 10.6 Å². The van der Waals surface area contributed by atoms with Gasteiger partial charge in [0.25, 0.3) is 0 Å². The fourth-order valence-corrected chi connectivity index (χ4v) is 0.996. The lowest BCUT2D eigenvalue weighted by Gasteiger charge is -2.30. The quantitative estimate of drug-likeness (QED) is 0.711. The normalized spacial score (nSPS) is 15.6. The van der Waals surface area contributed by atoms with E-state index in [0.717, 1.165) is 13.1 Å². The third-order valence-corrected chi connectivity index (χ3v) is 3.17. The van der Waals surface area contributed by atoms with Crippen LogP contribution in [0.5, 0.6) is 0 Å². The molecule has 0 aliphatic carbocycles. The summed E-state index contributed by atoms with van der Waals surface area (Å²) >= 11 is 0. The number of nitrogens with one attached hydrogen (secondary N) is 2. The van der Waals surface area contributed by atoms with Crippen LogP contribution >= 0.6 is 0 Å². The molecular weight excluding hydrogens is 172 g/mol. The van der Waals surface area contributed by atoms with Gasteiger partial charge < -0.3 is 10.6 Å². The van der Waals surface area contributed by atoms with E-state index in [1.807, 2.05) is 7.05 Å². The van der Waals surface area contributed by atoms with E-state index >= 15 is 0 Å². The monoisotopic (exact) mass is 200 g/mol. The average Bonchev–Trinajstić information content (AvgIpc) is 2.02. The molecule has 0 aliphatic rings. The van der Waals surface area contributed by atoms with Gasteiger partial charge in [0.15, 0.2) is 0 Å². The van der Waals surface area contributed by atoms with E-state index in [0.29, 0.717) is 11.3 Å². The number of likely N-dealkylation sites (N-methyl/N-ethyl adjacent to an activating group) is 1. The van der Waals surface area contributed by atoms with E-state index in [1.54, 1.807) is 0 Å². The lowest BCUT2D eigenvalue weighted by atomic mass is 9.82. The van der Waals surface area contributed by atoms with Crippen LogP contribution < -0.4 is 10.6 Å². The molecule has 0 saturated carbocycles. The maximum Gasteiger partial charge on any atom is 0.0246 e. The highest BCUT2D eigenvalue weighted by atomic mass is 15.0. The van der Waals surface area contributed by atoms with E-state index in [2.05, 4.69) is 52.2 Å². The molecule has 0 aromatic heterocycles. The van der Waals surface area contributed by atoms with Gasteiger partial charge >= 0.3 is 0 Å². The smallest absolute Gasteiger partial charge is 0.0246 e. The van der Waals surface area contributed by atoms with E-state index in [9.17, 15) is 0 Å². The van der Waals surface area contributed by atoms with Gasteiger partial charge in [0.2, 0.25) is 0 Å². The summed E-state index contributed by atoms with van der Waals surface area (Å²) in [5, 5.41) is 6.81. The number of rotatable bonds is 5. The van der Waals surface area contributed by atoms with E-state index in [1.165, 1.54) is 0 Å². The van der Waals surface area contributed by atoms with Crippen molar-refractivity contribution in [3.05, 3.63) is 0 Å². The van der Waals surface area contributed by atoms with Gasteiger partial charge in [0, 0.05) is 12.1 Å². The Morgan fingerprint density at radius 2 is 1.57 bits per heavy atom. The van der Waals surface area contributed by atoms with Gasteiger partial charge in [-0.15, -0.1) is 0 Å². The molecule has 2 N–H and O–H groups in total. The summed E-state index contributed by atoms with van der Waals surface area (Å²) < 4.78 is 0. The van der Waals surface area contributed by atoms with Crippen molar-refractivity contribution in [1.29, 1.82) is 0 Å². The Morgan fingerprint density at radius 1 is 1.07 bits per heavy atom. The maximum atomic E-state index is 3.52. The Morgan fingerprint density at radius 3 is 1.93 bits per heavy atom. The second kappa shape index (κ2) is 5.13. The van der Waals surface area contributed by atoms with Crippen molar-refractivity contribution in [2.24, 2.45) is 11.3 Å². The predicted molar refractivity (Wildman–Crippen MR) is 64.6 cm³/mol. The first-order valence-electron chi connectivity index (χ1n) is 5.58. The standard InChI is InChI=1S/C12H28N2/c1-10(11(2,3)4)8-14-9-12(5,6)13-7/h10,13-14H,8-9H2,1-7H3. The second-order valence-electron chi connectivity index (χ2n) is 6.03. The van der Waals surface area contributed by atoms with Crippen molar-refractivity contribution in [2.75, 3.05) is 20.1 Å². The molecule has 0 amide bonds. The van der Waals surface area contributed by atoms with Crippen molar-refractivity contribution in [3.8, 4) is 0 Å². The highest BCUT2D eigenvalue weighted by Crippen LogP contribution is 2.24. The van der Waals surface area contributed by atoms with Crippen molar-refractivity contribution >= 4 is 0 Å². The molecule has 0 bridgehead atoms. The van der Waals surface area contributed by atoms with Crippen molar-refractivity contribution in [3.63, 3.8) is 0 Å². The highest BCUT2D eigenvalue weighted by molar-refractivity contribution is 4.80. The van der Waals surface area contributed by atoms with E-state index < -0.39 is 0 Å². The first kappa shape index (κ1) is 13.9. The lowest BCUT2D eigenvalue weighted by molar-refractivity contribution is 0.245. The molecule has 1 atom stereocenters. The van der Waals surface area contributed by atoms with Gasteiger partial charge in [-0.25, -0.2) is 0 Å². The summed E-state index contributed by atoms with van der Waals surface area (Å²) in [6.45, 7) is 15.7. The average molecular weight is 200 g/mol. The Balaban J connectivity index is 3.75. The fraction of sp³-hybridized carbons (Fsp3) is 1.00. The van der Waals surface area contributed by atoms with Crippen LogP contribution in [0.25, 0.3) is 0 Å². The van der Waals surface area contributed by atoms with Crippen LogP contribution in [-0.2, 0) is 0 Å². The molecule has 0 saturated heterocycles. The highest BCUT2D eigenvalue weighted by Gasteiger charge is 2.20. The molecule has 0 aromatic carbocycles. The van der Waals surface area contributed by atoms with Crippen LogP contribution in [-0.4, -0.2) is 25.7 Å². The SMILES string of the molecule is CNC(C)(C)CNCC(C)C(C)(C)C. The molecule has 2 nitrogen and oxygen atoms in total. The molecule has 0 rings (SSSR count). The Bertz CT molecular complexity index is 156. The zero-order chi connectivity index (χ0) is 11.4. The van der Waals surface area contributed by atoms with Crippen LogP contribution in [0.1, 0.15) is 41.5 Å². The van der Waals surface area contributed by atoms with Crippen LogP contribution in [0.2, 0.25) is 0 Å². The second-order valence-corrected chi connectivity index (χ2v) is 6.03. The molecule has 86 valence electrons. The van der Waals surface area contributed by atoms with Crippen LogP contribution in [0.15, 0.2) is 0 Å². The van der Waals surface area contributed by atoms with Crippen molar-refractivity contribution < 1.29 is 0 Å². The minimum Gasteiger partial charge on any atom is -0.315 e. The summed E-state index contributed by atoms with van der Waals surface area (Å²) in [5.74, 6) is 0.704. The molecule has 14 heavy (non-hydrogen) atoms. The summed E-state index contributed by atoms with van der Waals surface area (Å²) in [4.78, 5) is 0. The maximum absolute atomic E-state index is 3.52. The molecule has 0 heterocycles. The first-order valence-corrected chi connectivity index (χ1v) is 5.58. The molecule has 1 unspecified atom stereocenters. The third kappa shape index (κ3) is 5.61. The van der Waals surface area contributed by atoms with Crippen LogP contribution in [0.4, 0.5) is 0 Å². The van der Waals surface area contributed by atoms with Crippen molar-refractivity contribution in [2.45, 2.75) is 47.1 Å². The lowest BCUT2D eigenvalue weighted by Crippen LogP contribution is -2.47. The third-order valence-electron chi connectivity index (χ3n) is 3.17. The predicted octanol–water partition coefficient (Wildman–Crippen LogP) is 2.26. The molecular formula is C12H28N2. The molecule has 2 heteroatoms. The van der Waals surface area contributed by atoms with Gasteiger partial charge in [0.1, 0.15) is 0 Å². The van der Waals surface area contributed by atoms with Gasteiger partial charge in [-0.1, -0.05) is 27.7 Å². The van der Waals surface area contributed by atoms with Gasteiger partial charge in [0.05, 0.1) is 0 Å². The molecule has 0 aromatic rings. The zero-order valence-corrected chi connectivity index (χ0v) is 11.0.